The highest BCUT2D eigenvalue weighted by Gasteiger charge is 2.11. The van der Waals surface area contributed by atoms with Crippen molar-refractivity contribution in [2.75, 3.05) is 18.4 Å². The zero-order valence-electron chi connectivity index (χ0n) is 10.7. The summed E-state index contributed by atoms with van der Waals surface area (Å²) < 4.78 is 0. The molecule has 0 fully saturated rings. The summed E-state index contributed by atoms with van der Waals surface area (Å²) >= 11 is 0. The minimum absolute atomic E-state index is 0.0567. The number of anilines is 1. The second kappa shape index (κ2) is 7.72. The van der Waals surface area contributed by atoms with Crippen LogP contribution in [0.3, 0.4) is 0 Å². The smallest absolute Gasteiger partial charge is 0.305 e. The number of hydrogen-bond donors (Lipinski definition) is 3. The fourth-order valence-corrected chi connectivity index (χ4v) is 1.49. The van der Waals surface area contributed by atoms with E-state index in [4.69, 9.17) is 5.11 Å². The van der Waals surface area contributed by atoms with E-state index >= 15 is 0 Å². The number of nitrogens with zero attached hydrogens (tertiary/aromatic N) is 1. The van der Waals surface area contributed by atoms with Gasteiger partial charge in [-0.3, -0.25) is 19.7 Å². The number of nitro benzene ring substituents is 1. The third-order valence-corrected chi connectivity index (χ3v) is 2.43. The number of nitrogens with one attached hydrogen (secondary N) is 2. The third kappa shape index (κ3) is 5.34. The Bertz CT molecular complexity index is 504. The number of hydrogen-bond acceptors (Lipinski definition) is 5. The Morgan fingerprint density at radius 2 is 1.90 bits per heavy atom. The Kier molecular flexibility index (Phi) is 5.95. The first-order valence-corrected chi connectivity index (χ1v) is 5.96. The van der Waals surface area contributed by atoms with Crippen molar-refractivity contribution in [1.29, 1.82) is 0 Å². The van der Waals surface area contributed by atoms with Crippen molar-refractivity contribution in [2.24, 2.45) is 0 Å². The molecule has 0 radical (unpaired) electrons. The molecule has 0 bridgehead atoms. The molecule has 108 valence electrons. The first-order chi connectivity index (χ1) is 9.50. The van der Waals surface area contributed by atoms with Crippen LogP contribution in [-0.2, 0) is 9.59 Å². The third-order valence-electron chi connectivity index (χ3n) is 2.43. The predicted molar refractivity (Wildman–Crippen MR) is 71.5 cm³/mol. The highest BCUT2D eigenvalue weighted by atomic mass is 16.6. The van der Waals surface area contributed by atoms with Crippen LogP contribution in [0.25, 0.3) is 0 Å². The van der Waals surface area contributed by atoms with E-state index in [1.54, 1.807) is 18.2 Å². The lowest BCUT2D eigenvalue weighted by Gasteiger charge is -2.07. The summed E-state index contributed by atoms with van der Waals surface area (Å²) in [5.74, 6) is -1.29. The zero-order chi connectivity index (χ0) is 15.0. The quantitative estimate of drug-likeness (QED) is 0.482. The number of nitro groups is 1. The van der Waals surface area contributed by atoms with E-state index in [-0.39, 0.29) is 37.5 Å². The average molecular weight is 281 g/mol. The van der Waals surface area contributed by atoms with Gasteiger partial charge in [-0.15, -0.1) is 0 Å². The summed E-state index contributed by atoms with van der Waals surface area (Å²) in [4.78, 5) is 31.9. The molecule has 8 heteroatoms. The largest absolute Gasteiger partial charge is 0.481 e. The Morgan fingerprint density at radius 1 is 1.20 bits per heavy atom. The lowest BCUT2D eigenvalue weighted by molar-refractivity contribution is -0.384. The molecule has 0 atom stereocenters. The van der Waals surface area contributed by atoms with Crippen molar-refractivity contribution in [3.05, 3.63) is 34.4 Å². The Hall–Kier alpha value is -2.64. The number of carbonyl (C=O) groups is 2. The van der Waals surface area contributed by atoms with E-state index in [2.05, 4.69) is 10.6 Å². The molecule has 0 aliphatic heterocycles. The van der Waals surface area contributed by atoms with Crippen LogP contribution in [0.5, 0.6) is 0 Å². The molecule has 0 aliphatic carbocycles. The SMILES string of the molecule is O=C(O)CCNC(=O)CCNc1ccccc1[N+](=O)[O-]. The summed E-state index contributed by atoms with van der Waals surface area (Å²) in [7, 11) is 0. The molecule has 8 nitrogen and oxygen atoms in total. The molecule has 0 saturated heterocycles. The topological polar surface area (TPSA) is 122 Å². The van der Waals surface area contributed by atoms with Crippen molar-refractivity contribution in [3.8, 4) is 0 Å². The van der Waals surface area contributed by atoms with Gasteiger partial charge in [-0.2, -0.15) is 0 Å². The van der Waals surface area contributed by atoms with Gasteiger partial charge in [-0.1, -0.05) is 12.1 Å². The van der Waals surface area contributed by atoms with Crippen molar-refractivity contribution in [1.82, 2.24) is 5.32 Å². The Balaban J connectivity index is 2.35. The van der Waals surface area contributed by atoms with Gasteiger partial charge in [0.1, 0.15) is 5.69 Å². The fraction of sp³-hybridized carbons (Fsp3) is 0.333. The fourth-order valence-electron chi connectivity index (χ4n) is 1.49. The minimum Gasteiger partial charge on any atom is -0.481 e. The van der Waals surface area contributed by atoms with E-state index in [1.807, 2.05) is 0 Å². The number of amides is 1. The van der Waals surface area contributed by atoms with Crippen LogP contribution in [-0.4, -0.2) is 35.0 Å². The molecule has 0 aliphatic rings. The van der Waals surface area contributed by atoms with Gasteiger partial charge < -0.3 is 15.7 Å². The van der Waals surface area contributed by atoms with Gasteiger partial charge in [0, 0.05) is 25.6 Å². The highest BCUT2D eigenvalue weighted by molar-refractivity contribution is 5.77. The van der Waals surface area contributed by atoms with Gasteiger partial charge in [-0.25, -0.2) is 0 Å². The van der Waals surface area contributed by atoms with E-state index in [9.17, 15) is 19.7 Å². The molecule has 1 aromatic carbocycles. The molecule has 0 heterocycles. The maximum absolute atomic E-state index is 11.4. The lowest BCUT2D eigenvalue weighted by atomic mass is 10.2. The van der Waals surface area contributed by atoms with Crippen LogP contribution < -0.4 is 10.6 Å². The molecular formula is C12H15N3O5. The monoisotopic (exact) mass is 281 g/mol. The van der Waals surface area contributed by atoms with Crippen LogP contribution in [0.15, 0.2) is 24.3 Å². The number of para-hydroxylation sites is 2. The maximum Gasteiger partial charge on any atom is 0.305 e. The molecule has 0 aromatic heterocycles. The molecular weight excluding hydrogens is 266 g/mol. The molecule has 1 rings (SSSR count). The molecule has 0 unspecified atom stereocenters. The van der Waals surface area contributed by atoms with Gasteiger partial charge in [0.25, 0.3) is 5.69 Å². The number of rotatable bonds is 8. The molecule has 0 spiro atoms. The molecule has 3 N–H and O–H groups in total. The van der Waals surface area contributed by atoms with Crippen LogP contribution >= 0.6 is 0 Å². The summed E-state index contributed by atoms with van der Waals surface area (Å²) in [6, 6.07) is 6.14. The van der Waals surface area contributed by atoms with Crippen LogP contribution in [0.1, 0.15) is 12.8 Å². The average Bonchev–Trinajstić information content (AvgIpc) is 2.38. The van der Waals surface area contributed by atoms with Gasteiger partial charge >= 0.3 is 5.97 Å². The molecule has 20 heavy (non-hydrogen) atoms. The van der Waals surface area contributed by atoms with Crippen LogP contribution in [0.4, 0.5) is 11.4 Å². The van der Waals surface area contributed by atoms with Crippen LogP contribution in [0.2, 0.25) is 0 Å². The lowest BCUT2D eigenvalue weighted by Crippen LogP contribution is -2.27. The zero-order valence-corrected chi connectivity index (χ0v) is 10.7. The first-order valence-electron chi connectivity index (χ1n) is 5.96. The number of carboxylic acid groups (broad SMARTS) is 1. The minimum atomic E-state index is -0.983. The summed E-state index contributed by atoms with van der Waals surface area (Å²) in [5.41, 5.74) is 0.287. The second-order valence-corrected chi connectivity index (χ2v) is 3.94. The summed E-state index contributed by atoms with van der Waals surface area (Å²) in [6.45, 7) is 0.295. The number of carboxylic acids is 1. The van der Waals surface area contributed by atoms with Gasteiger partial charge in [-0.05, 0) is 6.07 Å². The number of aliphatic carboxylic acids is 1. The summed E-state index contributed by atoms with van der Waals surface area (Å²) in [6.07, 6.45) is -0.0327. The van der Waals surface area contributed by atoms with E-state index in [0.717, 1.165) is 0 Å². The normalized spacial score (nSPS) is 9.80. The number of carbonyl (C=O) groups excluding carboxylic acids is 1. The standard InChI is InChI=1S/C12H15N3O5/c16-11(14-8-6-12(17)18)5-7-13-9-3-1-2-4-10(9)15(19)20/h1-4,13H,5-8H2,(H,14,16)(H,17,18). The molecule has 1 amide bonds. The van der Waals surface area contributed by atoms with Gasteiger partial charge in [0.15, 0.2) is 0 Å². The Morgan fingerprint density at radius 3 is 2.55 bits per heavy atom. The van der Waals surface area contributed by atoms with Crippen molar-refractivity contribution in [3.63, 3.8) is 0 Å². The van der Waals surface area contributed by atoms with Gasteiger partial charge in [0.2, 0.25) is 5.91 Å². The van der Waals surface area contributed by atoms with Crippen molar-refractivity contribution < 1.29 is 19.6 Å². The first kappa shape index (κ1) is 15.4. The summed E-state index contributed by atoms with van der Waals surface area (Å²) in [5, 5.41) is 24.4. The maximum atomic E-state index is 11.4. The van der Waals surface area contributed by atoms with Gasteiger partial charge in [0.05, 0.1) is 11.3 Å². The van der Waals surface area contributed by atoms with E-state index in [0.29, 0.717) is 5.69 Å². The Labute approximate surface area is 114 Å². The van der Waals surface area contributed by atoms with E-state index < -0.39 is 10.9 Å². The molecule has 0 saturated carbocycles. The highest BCUT2D eigenvalue weighted by Crippen LogP contribution is 2.22. The van der Waals surface area contributed by atoms with E-state index in [1.165, 1.54) is 6.07 Å². The predicted octanol–water partition coefficient (Wildman–Crippen LogP) is 0.988. The molecule has 1 aromatic rings. The van der Waals surface area contributed by atoms with Crippen molar-refractivity contribution in [2.45, 2.75) is 12.8 Å². The van der Waals surface area contributed by atoms with Crippen LogP contribution in [0, 0.1) is 10.1 Å². The number of benzene rings is 1. The van der Waals surface area contributed by atoms with Crippen molar-refractivity contribution >= 4 is 23.3 Å². The second-order valence-electron chi connectivity index (χ2n) is 3.94.